The molecule has 2 atom stereocenters. The predicted octanol–water partition coefficient (Wildman–Crippen LogP) is 2.06. The molecule has 1 aliphatic carbocycles. The third-order valence-corrected chi connectivity index (χ3v) is 4.98. The van der Waals surface area contributed by atoms with Crippen molar-refractivity contribution in [1.29, 1.82) is 0 Å². The molecule has 0 radical (unpaired) electrons. The predicted molar refractivity (Wildman–Crippen MR) is 75.0 cm³/mol. The van der Waals surface area contributed by atoms with Crippen LogP contribution in [0.25, 0.3) is 0 Å². The van der Waals surface area contributed by atoms with Crippen LogP contribution in [0, 0.1) is 5.92 Å². The Kier molecular flexibility index (Phi) is 4.88. The van der Waals surface area contributed by atoms with Gasteiger partial charge in [0.15, 0.2) is 5.79 Å². The zero-order chi connectivity index (χ0) is 13.9. The summed E-state index contributed by atoms with van der Waals surface area (Å²) in [5.41, 5.74) is -0.621. The maximum atomic E-state index is 10.4. The summed E-state index contributed by atoms with van der Waals surface area (Å²) in [6.45, 7) is 8.31. The van der Waals surface area contributed by atoms with Gasteiger partial charge in [-0.05, 0) is 25.7 Å². The molecule has 1 aliphatic heterocycles. The van der Waals surface area contributed by atoms with E-state index in [1.807, 2.05) is 6.92 Å². The number of rotatable bonds is 5. The topological polar surface area (TPSA) is 50.7 Å². The first-order valence-electron chi connectivity index (χ1n) is 7.71. The van der Waals surface area contributed by atoms with Crippen molar-refractivity contribution in [2.45, 2.75) is 70.3 Å². The molecule has 1 saturated carbocycles. The molecule has 2 N–H and O–H groups in total. The molecule has 4 nitrogen and oxygen atoms in total. The Bertz CT molecular complexity index is 277. The third-order valence-electron chi connectivity index (χ3n) is 4.98. The van der Waals surface area contributed by atoms with E-state index >= 15 is 0 Å². The Hall–Kier alpha value is -0.160. The first-order chi connectivity index (χ1) is 8.97. The molecular formula is C15H29NO3. The second kappa shape index (κ2) is 6.08. The van der Waals surface area contributed by atoms with Gasteiger partial charge >= 0.3 is 0 Å². The zero-order valence-corrected chi connectivity index (χ0v) is 12.6. The van der Waals surface area contributed by atoms with Crippen molar-refractivity contribution in [3.63, 3.8) is 0 Å². The molecule has 1 spiro atoms. The molecular weight excluding hydrogens is 242 g/mol. The summed E-state index contributed by atoms with van der Waals surface area (Å²) in [4.78, 5) is 0. The maximum Gasteiger partial charge on any atom is 0.168 e. The molecule has 1 saturated heterocycles. The van der Waals surface area contributed by atoms with E-state index in [1.165, 1.54) is 0 Å². The lowest BCUT2D eigenvalue weighted by Gasteiger charge is -2.38. The van der Waals surface area contributed by atoms with E-state index in [4.69, 9.17) is 9.47 Å². The fraction of sp³-hybridized carbons (Fsp3) is 1.00. The van der Waals surface area contributed by atoms with E-state index in [2.05, 4.69) is 19.2 Å². The first kappa shape index (κ1) is 15.2. The molecule has 2 aliphatic rings. The van der Waals surface area contributed by atoms with Crippen molar-refractivity contribution in [3.05, 3.63) is 0 Å². The monoisotopic (exact) mass is 271 g/mol. The Morgan fingerprint density at radius 3 is 2.42 bits per heavy atom. The van der Waals surface area contributed by atoms with Gasteiger partial charge in [-0.2, -0.15) is 0 Å². The van der Waals surface area contributed by atoms with Crippen LogP contribution in [0.3, 0.4) is 0 Å². The Morgan fingerprint density at radius 2 is 1.89 bits per heavy atom. The summed E-state index contributed by atoms with van der Waals surface area (Å²) in [5.74, 6) is 0.0358. The maximum absolute atomic E-state index is 10.4. The van der Waals surface area contributed by atoms with Crippen LogP contribution >= 0.6 is 0 Å². The second-order valence-corrected chi connectivity index (χ2v) is 6.43. The van der Waals surface area contributed by atoms with Gasteiger partial charge in [0, 0.05) is 25.4 Å². The number of aliphatic hydroxyl groups is 1. The number of ether oxygens (including phenoxy) is 2. The van der Waals surface area contributed by atoms with Gasteiger partial charge in [-0.3, -0.25) is 0 Å². The Morgan fingerprint density at radius 1 is 1.32 bits per heavy atom. The molecule has 0 aromatic rings. The van der Waals surface area contributed by atoms with Crippen LogP contribution in [-0.2, 0) is 9.47 Å². The smallest absolute Gasteiger partial charge is 0.168 e. The summed E-state index contributed by atoms with van der Waals surface area (Å²) < 4.78 is 11.5. The number of hydrogen-bond donors (Lipinski definition) is 2. The molecule has 0 amide bonds. The summed E-state index contributed by atoms with van der Waals surface area (Å²) in [5, 5.41) is 13.9. The fourth-order valence-electron chi connectivity index (χ4n) is 3.01. The SMILES string of the molecule is CC[C@@H](C)[C@@](C)(O)CNC1CCC2(CC1)OCCO2. The average Bonchev–Trinajstić information content (AvgIpc) is 2.85. The van der Waals surface area contributed by atoms with Crippen molar-refractivity contribution in [1.82, 2.24) is 5.32 Å². The van der Waals surface area contributed by atoms with Crippen molar-refractivity contribution in [2.24, 2.45) is 5.92 Å². The van der Waals surface area contributed by atoms with Crippen molar-refractivity contribution < 1.29 is 14.6 Å². The van der Waals surface area contributed by atoms with Crippen LogP contribution in [0.5, 0.6) is 0 Å². The molecule has 2 rings (SSSR count). The highest BCUT2D eigenvalue weighted by Gasteiger charge is 2.40. The molecule has 1 heterocycles. The Labute approximate surface area is 116 Å². The van der Waals surface area contributed by atoms with E-state index in [9.17, 15) is 5.11 Å². The lowest BCUT2D eigenvalue weighted by Crippen LogP contribution is -2.49. The van der Waals surface area contributed by atoms with Crippen LogP contribution < -0.4 is 5.32 Å². The lowest BCUT2D eigenvalue weighted by atomic mass is 9.86. The Balaban J connectivity index is 1.74. The summed E-state index contributed by atoms with van der Waals surface area (Å²) in [6, 6.07) is 0.481. The standard InChI is InChI=1S/C15H29NO3/c1-4-12(2)14(3,17)11-16-13-5-7-15(8-6-13)18-9-10-19-15/h12-13,16-17H,4-11H2,1-3H3/t12-,14+/m1/s1. The molecule has 2 fully saturated rings. The van der Waals surface area contributed by atoms with E-state index < -0.39 is 5.60 Å². The minimum atomic E-state index is -0.621. The molecule has 4 heteroatoms. The first-order valence-corrected chi connectivity index (χ1v) is 7.71. The third kappa shape index (κ3) is 3.69. The normalized spacial score (nSPS) is 28.4. The highest BCUT2D eigenvalue weighted by molar-refractivity contribution is 4.88. The van der Waals surface area contributed by atoms with Crippen molar-refractivity contribution in [2.75, 3.05) is 19.8 Å². The molecule has 0 unspecified atom stereocenters. The minimum absolute atomic E-state index is 0.280. The second-order valence-electron chi connectivity index (χ2n) is 6.43. The lowest BCUT2D eigenvalue weighted by molar-refractivity contribution is -0.179. The van der Waals surface area contributed by atoms with Crippen LogP contribution in [-0.4, -0.2) is 42.3 Å². The van der Waals surface area contributed by atoms with Crippen LogP contribution in [0.1, 0.15) is 52.9 Å². The van der Waals surface area contributed by atoms with Gasteiger partial charge < -0.3 is 19.9 Å². The van der Waals surface area contributed by atoms with Gasteiger partial charge in [0.2, 0.25) is 0 Å². The minimum Gasteiger partial charge on any atom is -0.389 e. The van der Waals surface area contributed by atoms with Gasteiger partial charge in [-0.25, -0.2) is 0 Å². The van der Waals surface area contributed by atoms with Gasteiger partial charge in [0.05, 0.1) is 18.8 Å². The highest BCUT2D eigenvalue weighted by Crippen LogP contribution is 2.35. The fourth-order valence-corrected chi connectivity index (χ4v) is 3.01. The number of hydrogen-bond acceptors (Lipinski definition) is 4. The largest absolute Gasteiger partial charge is 0.389 e. The van der Waals surface area contributed by atoms with Gasteiger partial charge in [0.1, 0.15) is 0 Å². The molecule has 112 valence electrons. The van der Waals surface area contributed by atoms with Gasteiger partial charge in [-0.15, -0.1) is 0 Å². The van der Waals surface area contributed by atoms with Crippen LogP contribution in [0.2, 0.25) is 0 Å². The number of nitrogens with one attached hydrogen (secondary N) is 1. The molecule has 0 aromatic carbocycles. The van der Waals surface area contributed by atoms with Crippen LogP contribution in [0.15, 0.2) is 0 Å². The van der Waals surface area contributed by atoms with Crippen molar-refractivity contribution in [3.8, 4) is 0 Å². The van der Waals surface area contributed by atoms with Crippen LogP contribution in [0.4, 0.5) is 0 Å². The molecule has 19 heavy (non-hydrogen) atoms. The van der Waals surface area contributed by atoms with E-state index in [-0.39, 0.29) is 5.79 Å². The molecule has 0 bridgehead atoms. The van der Waals surface area contributed by atoms with Gasteiger partial charge in [0.25, 0.3) is 0 Å². The van der Waals surface area contributed by atoms with E-state index in [1.54, 1.807) is 0 Å². The summed E-state index contributed by atoms with van der Waals surface area (Å²) in [7, 11) is 0. The summed E-state index contributed by atoms with van der Waals surface area (Å²) >= 11 is 0. The zero-order valence-electron chi connectivity index (χ0n) is 12.6. The molecule has 0 aromatic heterocycles. The van der Waals surface area contributed by atoms with Crippen molar-refractivity contribution >= 4 is 0 Å². The quantitative estimate of drug-likeness (QED) is 0.803. The van der Waals surface area contributed by atoms with E-state index in [0.29, 0.717) is 18.5 Å². The van der Waals surface area contributed by atoms with Gasteiger partial charge in [-0.1, -0.05) is 20.3 Å². The summed E-state index contributed by atoms with van der Waals surface area (Å²) in [6.07, 6.45) is 5.07. The average molecular weight is 271 g/mol. The van der Waals surface area contributed by atoms with E-state index in [0.717, 1.165) is 45.3 Å². The highest BCUT2D eigenvalue weighted by atomic mass is 16.7.